The van der Waals surface area contributed by atoms with Gasteiger partial charge in [0.25, 0.3) is 6.29 Å². The highest BCUT2D eigenvalue weighted by atomic mass is 16.7. The lowest BCUT2D eigenvalue weighted by Crippen LogP contribution is -2.29. The number of nitrogens with two attached hydrogens (primary N) is 2. The second-order valence-electron chi connectivity index (χ2n) is 5.24. The zero-order valence-corrected chi connectivity index (χ0v) is 13.6. The van der Waals surface area contributed by atoms with E-state index in [-0.39, 0.29) is 0 Å². The van der Waals surface area contributed by atoms with Gasteiger partial charge in [0, 0.05) is 6.42 Å². The van der Waals surface area contributed by atoms with Crippen molar-refractivity contribution in [1.82, 2.24) is 0 Å². The summed E-state index contributed by atoms with van der Waals surface area (Å²) in [6, 6.07) is 0. The van der Waals surface area contributed by atoms with Crippen LogP contribution in [0.3, 0.4) is 0 Å². The molecule has 0 aliphatic rings. The fraction of sp³-hybridized carbons (Fsp3) is 0.750. The van der Waals surface area contributed by atoms with Crippen molar-refractivity contribution in [1.29, 1.82) is 0 Å². The molecule has 0 aliphatic heterocycles. The Balaban J connectivity index is 3.50. The zero-order chi connectivity index (χ0) is 16.6. The monoisotopic (exact) mass is 314 g/mol. The first-order valence-corrected chi connectivity index (χ1v) is 8.13. The van der Waals surface area contributed by atoms with Crippen molar-refractivity contribution in [3.05, 3.63) is 12.2 Å². The third-order valence-electron chi connectivity index (χ3n) is 3.21. The highest BCUT2D eigenvalue weighted by molar-refractivity contribution is 5.66. The summed E-state index contributed by atoms with van der Waals surface area (Å²) in [5.74, 6) is 0. The van der Waals surface area contributed by atoms with E-state index < -0.39 is 18.5 Å². The number of hydrogen-bond acceptors (Lipinski definition) is 4. The first-order valence-electron chi connectivity index (χ1n) is 8.13. The molecule has 0 aromatic rings. The highest BCUT2D eigenvalue weighted by Gasteiger charge is 2.15. The smallest absolute Gasteiger partial charge is 0.407 e. The zero-order valence-electron chi connectivity index (χ0n) is 13.6. The highest BCUT2D eigenvalue weighted by Crippen LogP contribution is 2.13. The van der Waals surface area contributed by atoms with Gasteiger partial charge in [0.15, 0.2) is 0 Å². The summed E-state index contributed by atoms with van der Waals surface area (Å²) in [7, 11) is 0. The molecule has 2 amide bonds. The van der Waals surface area contributed by atoms with Crippen LogP contribution in [0.25, 0.3) is 0 Å². The number of ether oxygens (including phenoxy) is 2. The van der Waals surface area contributed by atoms with Crippen molar-refractivity contribution in [2.24, 2.45) is 11.5 Å². The molecule has 0 spiro atoms. The number of allylic oxidation sites excluding steroid dienone is 2. The van der Waals surface area contributed by atoms with Gasteiger partial charge < -0.3 is 20.9 Å². The Hall–Kier alpha value is -1.72. The average molecular weight is 314 g/mol. The molecule has 0 heterocycles. The van der Waals surface area contributed by atoms with E-state index in [2.05, 4.69) is 28.5 Å². The van der Waals surface area contributed by atoms with E-state index in [1.54, 1.807) is 0 Å². The molecular weight excluding hydrogens is 284 g/mol. The quantitative estimate of drug-likeness (QED) is 0.305. The molecule has 22 heavy (non-hydrogen) atoms. The molecule has 0 aliphatic carbocycles. The molecule has 0 atom stereocenters. The van der Waals surface area contributed by atoms with Crippen LogP contribution in [0.5, 0.6) is 0 Å². The topological polar surface area (TPSA) is 105 Å². The van der Waals surface area contributed by atoms with Gasteiger partial charge in [-0.25, -0.2) is 9.59 Å². The van der Waals surface area contributed by atoms with Crippen molar-refractivity contribution < 1.29 is 19.1 Å². The van der Waals surface area contributed by atoms with Crippen molar-refractivity contribution in [3.63, 3.8) is 0 Å². The first-order chi connectivity index (χ1) is 10.6. The minimum atomic E-state index is -0.972. The van der Waals surface area contributed by atoms with Gasteiger partial charge in [0.2, 0.25) is 0 Å². The number of primary amides is 2. The van der Waals surface area contributed by atoms with Crippen molar-refractivity contribution in [2.75, 3.05) is 0 Å². The van der Waals surface area contributed by atoms with Crippen LogP contribution in [-0.2, 0) is 9.47 Å². The lowest BCUT2D eigenvalue weighted by atomic mass is 10.1. The Morgan fingerprint density at radius 1 is 0.864 bits per heavy atom. The van der Waals surface area contributed by atoms with E-state index in [9.17, 15) is 9.59 Å². The molecule has 0 radical (unpaired) electrons. The fourth-order valence-electron chi connectivity index (χ4n) is 2.14. The Labute approximate surface area is 133 Å². The normalized spacial score (nSPS) is 11.0. The van der Waals surface area contributed by atoms with E-state index in [4.69, 9.17) is 11.5 Å². The molecule has 0 aromatic carbocycles. The minimum Gasteiger partial charge on any atom is -0.409 e. The maximum Gasteiger partial charge on any atom is 0.407 e. The standard InChI is InChI=1S/C16H30N2O4/c1-2-3-4-5-6-7-8-9-10-11-12-13-14(21-15(17)19)22-16(18)20/h3-4,14H,2,5-13H2,1H3,(H2,17,19)(H2,18,20)/b4-3-. The van der Waals surface area contributed by atoms with Crippen LogP contribution in [0.2, 0.25) is 0 Å². The van der Waals surface area contributed by atoms with E-state index in [1.807, 2.05) is 0 Å². The molecule has 6 nitrogen and oxygen atoms in total. The third-order valence-corrected chi connectivity index (χ3v) is 3.21. The van der Waals surface area contributed by atoms with E-state index in [0.717, 1.165) is 25.7 Å². The molecule has 0 bridgehead atoms. The molecule has 0 fully saturated rings. The first kappa shape index (κ1) is 20.3. The number of carbonyl (C=O) groups is 2. The van der Waals surface area contributed by atoms with Crippen LogP contribution in [0, 0.1) is 0 Å². The summed E-state index contributed by atoms with van der Waals surface area (Å²) in [5, 5.41) is 0. The third kappa shape index (κ3) is 14.7. The van der Waals surface area contributed by atoms with Crippen molar-refractivity contribution >= 4 is 12.2 Å². The summed E-state index contributed by atoms with van der Waals surface area (Å²) in [4.78, 5) is 21.3. The van der Waals surface area contributed by atoms with E-state index >= 15 is 0 Å². The largest absolute Gasteiger partial charge is 0.409 e. The minimum absolute atomic E-state index is 0.424. The van der Waals surface area contributed by atoms with Crippen LogP contribution in [0.15, 0.2) is 12.2 Å². The summed E-state index contributed by atoms with van der Waals surface area (Å²) in [6.45, 7) is 2.14. The molecule has 6 heteroatoms. The summed E-state index contributed by atoms with van der Waals surface area (Å²) in [6.07, 6.45) is 12.1. The van der Waals surface area contributed by atoms with Crippen molar-refractivity contribution in [3.8, 4) is 0 Å². The van der Waals surface area contributed by atoms with Gasteiger partial charge in [-0.15, -0.1) is 0 Å². The number of amides is 2. The van der Waals surface area contributed by atoms with Gasteiger partial charge in [-0.2, -0.15) is 0 Å². The Bertz CT molecular complexity index is 316. The molecule has 128 valence electrons. The molecular formula is C16H30N2O4. The van der Waals surface area contributed by atoms with Crippen LogP contribution in [-0.4, -0.2) is 18.5 Å². The fourth-order valence-corrected chi connectivity index (χ4v) is 2.14. The van der Waals surface area contributed by atoms with Crippen LogP contribution in [0.1, 0.15) is 71.1 Å². The number of carbonyl (C=O) groups excluding carboxylic acids is 2. The van der Waals surface area contributed by atoms with Gasteiger partial charge >= 0.3 is 12.2 Å². The number of unbranched alkanes of at least 4 members (excludes halogenated alkanes) is 7. The molecule has 0 unspecified atom stereocenters. The molecule has 0 rings (SSSR count). The second kappa shape index (κ2) is 14.2. The SMILES string of the molecule is CC/C=C\CCCCCCCCCC(OC(N)=O)OC(N)=O. The molecule has 0 aromatic heterocycles. The van der Waals surface area contributed by atoms with E-state index in [0.29, 0.717) is 6.42 Å². The Morgan fingerprint density at radius 2 is 1.36 bits per heavy atom. The van der Waals surface area contributed by atoms with Gasteiger partial charge in [-0.05, 0) is 25.7 Å². The Morgan fingerprint density at radius 3 is 1.86 bits per heavy atom. The second-order valence-corrected chi connectivity index (χ2v) is 5.24. The molecule has 0 saturated heterocycles. The van der Waals surface area contributed by atoms with Crippen LogP contribution in [0.4, 0.5) is 9.59 Å². The lowest BCUT2D eigenvalue weighted by Gasteiger charge is -2.15. The predicted octanol–water partition coefficient (Wildman–Crippen LogP) is 3.98. The van der Waals surface area contributed by atoms with Crippen LogP contribution >= 0.6 is 0 Å². The molecule has 4 N–H and O–H groups in total. The summed E-state index contributed by atoms with van der Waals surface area (Å²) >= 11 is 0. The molecule has 0 saturated carbocycles. The lowest BCUT2D eigenvalue weighted by molar-refractivity contribution is -0.0606. The summed E-state index contributed by atoms with van der Waals surface area (Å²) < 4.78 is 9.32. The number of hydrogen-bond donors (Lipinski definition) is 2. The van der Waals surface area contributed by atoms with Crippen molar-refractivity contribution in [2.45, 2.75) is 77.4 Å². The van der Waals surface area contributed by atoms with E-state index in [1.165, 1.54) is 32.1 Å². The average Bonchev–Trinajstić information content (AvgIpc) is 2.43. The van der Waals surface area contributed by atoms with Gasteiger partial charge in [-0.3, -0.25) is 0 Å². The number of rotatable bonds is 13. The van der Waals surface area contributed by atoms with Gasteiger partial charge in [-0.1, -0.05) is 51.2 Å². The van der Waals surface area contributed by atoms with Gasteiger partial charge in [0.1, 0.15) is 0 Å². The maximum atomic E-state index is 10.7. The predicted molar refractivity (Wildman–Crippen MR) is 86.1 cm³/mol. The van der Waals surface area contributed by atoms with Crippen LogP contribution < -0.4 is 11.5 Å². The Kier molecular flexibility index (Phi) is 13.1. The summed E-state index contributed by atoms with van der Waals surface area (Å²) in [5.41, 5.74) is 9.80. The maximum absolute atomic E-state index is 10.7. The van der Waals surface area contributed by atoms with Gasteiger partial charge in [0.05, 0.1) is 0 Å².